The van der Waals surface area contributed by atoms with Gasteiger partial charge in [-0.15, -0.1) is 0 Å². The Morgan fingerprint density at radius 2 is 2.00 bits per heavy atom. The first-order valence-corrected chi connectivity index (χ1v) is 7.05. The molecule has 1 atom stereocenters. The van der Waals surface area contributed by atoms with Gasteiger partial charge in [-0.05, 0) is 18.4 Å². The minimum atomic E-state index is -0.785. The van der Waals surface area contributed by atoms with Crippen LogP contribution in [-0.2, 0) is 11.2 Å². The Hall–Kier alpha value is -0.870. The van der Waals surface area contributed by atoms with Crippen LogP contribution in [0.3, 0.4) is 0 Å². The van der Waals surface area contributed by atoms with Crippen LogP contribution in [0.5, 0.6) is 0 Å². The van der Waals surface area contributed by atoms with Gasteiger partial charge in [-0.25, -0.2) is 3.93 Å². The molecule has 0 saturated heterocycles. The maximum atomic E-state index is 11.3. The number of hydrogen-bond acceptors (Lipinski definition) is 2. The molecule has 0 radical (unpaired) electrons. The van der Waals surface area contributed by atoms with Crippen molar-refractivity contribution in [3.63, 3.8) is 0 Å². The molecular formula is C14H20BrNO2. The van der Waals surface area contributed by atoms with Crippen LogP contribution in [0.4, 0.5) is 0 Å². The lowest BCUT2D eigenvalue weighted by atomic mass is 10.1. The third kappa shape index (κ3) is 5.19. The number of halogens is 1. The molecule has 1 N–H and O–H groups in total. The molecular weight excluding hydrogens is 294 g/mol. The van der Waals surface area contributed by atoms with E-state index in [4.69, 9.17) is 0 Å². The van der Waals surface area contributed by atoms with Crippen LogP contribution in [0.2, 0.25) is 0 Å². The zero-order valence-corrected chi connectivity index (χ0v) is 12.3. The van der Waals surface area contributed by atoms with Crippen molar-refractivity contribution in [2.45, 2.75) is 38.6 Å². The third-order valence-electron chi connectivity index (χ3n) is 2.87. The van der Waals surface area contributed by atoms with E-state index in [9.17, 15) is 9.90 Å². The number of carbonyl (C=O) groups is 1. The Labute approximate surface area is 117 Å². The molecule has 0 unspecified atom stereocenters. The molecule has 1 aromatic rings. The van der Waals surface area contributed by atoms with E-state index in [-0.39, 0.29) is 0 Å². The summed E-state index contributed by atoms with van der Waals surface area (Å²) in [6, 6.07) is 9.22. The van der Waals surface area contributed by atoms with Crippen molar-refractivity contribution in [2.75, 3.05) is 6.54 Å². The van der Waals surface area contributed by atoms with E-state index >= 15 is 0 Å². The van der Waals surface area contributed by atoms with E-state index in [2.05, 4.69) is 23.1 Å². The highest BCUT2D eigenvalue weighted by atomic mass is 79.9. The predicted octanol–water partition coefficient (Wildman–Crippen LogP) is 3.48. The molecule has 0 fully saturated rings. The van der Waals surface area contributed by atoms with Gasteiger partial charge >= 0.3 is 5.97 Å². The number of benzene rings is 1. The lowest BCUT2D eigenvalue weighted by Gasteiger charge is -2.22. The van der Waals surface area contributed by atoms with Gasteiger partial charge in [-0.2, -0.15) is 0 Å². The molecule has 0 aromatic heterocycles. The molecule has 1 rings (SSSR count). The van der Waals surface area contributed by atoms with E-state index in [0.717, 1.165) is 31.4 Å². The molecule has 0 aliphatic rings. The summed E-state index contributed by atoms with van der Waals surface area (Å²) in [5, 5.41) is 9.29. The van der Waals surface area contributed by atoms with Gasteiger partial charge in [0.25, 0.3) is 0 Å². The predicted molar refractivity (Wildman–Crippen MR) is 76.7 cm³/mol. The summed E-state index contributed by atoms with van der Waals surface area (Å²) in [7, 11) is 0. The van der Waals surface area contributed by atoms with Gasteiger partial charge in [0, 0.05) is 22.7 Å². The molecule has 18 heavy (non-hydrogen) atoms. The number of carboxylic acids is 1. The molecule has 100 valence electrons. The summed E-state index contributed by atoms with van der Waals surface area (Å²) in [6.07, 6.45) is 3.80. The summed E-state index contributed by atoms with van der Waals surface area (Å²) in [5.74, 6) is -0.785. The maximum Gasteiger partial charge on any atom is 0.322 e. The summed E-state index contributed by atoms with van der Waals surface area (Å²) in [4.78, 5) is 11.3. The second-order valence-corrected chi connectivity index (χ2v) is 5.29. The fraction of sp³-hybridized carbons (Fsp3) is 0.500. The first-order chi connectivity index (χ1) is 8.65. The zero-order valence-electron chi connectivity index (χ0n) is 10.7. The van der Waals surface area contributed by atoms with Gasteiger partial charge in [0.1, 0.15) is 6.04 Å². The van der Waals surface area contributed by atoms with Crippen LogP contribution in [0, 0.1) is 0 Å². The topological polar surface area (TPSA) is 40.5 Å². The van der Waals surface area contributed by atoms with Crippen molar-refractivity contribution in [1.29, 1.82) is 0 Å². The standard InChI is InChI=1S/C14H20BrNO2/c1-2-3-7-10-16(15)13(14(17)18)11-12-8-5-4-6-9-12/h4-6,8-9,13H,2-3,7,10-11H2,1H3,(H,17,18)/t13-/m0/s1. The smallest absolute Gasteiger partial charge is 0.322 e. The first kappa shape index (κ1) is 15.2. The summed E-state index contributed by atoms with van der Waals surface area (Å²) < 4.78 is 1.76. The Kier molecular flexibility index (Phi) is 6.98. The number of carboxylic acid groups (broad SMARTS) is 1. The van der Waals surface area contributed by atoms with E-state index in [1.807, 2.05) is 30.3 Å². The van der Waals surface area contributed by atoms with Crippen LogP contribution in [0.25, 0.3) is 0 Å². The number of rotatable bonds is 8. The van der Waals surface area contributed by atoms with E-state index in [0.29, 0.717) is 6.42 Å². The molecule has 0 saturated carbocycles. The van der Waals surface area contributed by atoms with Crippen molar-refractivity contribution < 1.29 is 9.90 Å². The Balaban J connectivity index is 2.57. The molecule has 4 heteroatoms. The molecule has 0 aliphatic heterocycles. The largest absolute Gasteiger partial charge is 0.480 e. The molecule has 1 aromatic carbocycles. The highest BCUT2D eigenvalue weighted by Crippen LogP contribution is 2.14. The second-order valence-electron chi connectivity index (χ2n) is 4.37. The summed E-state index contributed by atoms with van der Waals surface area (Å²) in [5.41, 5.74) is 1.05. The third-order valence-corrected chi connectivity index (χ3v) is 3.72. The lowest BCUT2D eigenvalue weighted by molar-refractivity contribution is -0.141. The Morgan fingerprint density at radius 1 is 1.33 bits per heavy atom. The number of unbranched alkanes of at least 4 members (excludes halogenated alkanes) is 2. The first-order valence-electron chi connectivity index (χ1n) is 6.34. The Morgan fingerprint density at radius 3 is 2.56 bits per heavy atom. The summed E-state index contributed by atoms with van der Waals surface area (Å²) >= 11 is 3.39. The fourth-order valence-corrected chi connectivity index (χ4v) is 2.38. The average Bonchev–Trinajstić information content (AvgIpc) is 2.37. The molecule has 0 spiro atoms. The number of aliphatic carboxylic acids is 1. The average molecular weight is 314 g/mol. The van der Waals surface area contributed by atoms with Crippen LogP contribution >= 0.6 is 16.1 Å². The van der Waals surface area contributed by atoms with E-state index < -0.39 is 12.0 Å². The number of nitrogens with zero attached hydrogens (tertiary/aromatic N) is 1. The van der Waals surface area contributed by atoms with Crippen molar-refractivity contribution >= 4 is 22.1 Å². The molecule has 0 heterocycles. The normalized spacial score (nSPS) is 12.6. The van der Waals surface area contributed by atoms with Gasteiger partial charge in [0.2, 0.25) is 0 Å². The lowest BCUT2D eigenvalue weighted by Crippen LogP contribution is -2.37. The van der Waals surface area contributed by atoms with Crippen LogP contribution in [0.1, 0.15) is 31.7 Å². The highest BCUT2D eigenvalue weighted by molar-refractivity contribution is 9.07. The van der Waals surface area contributed by atoms with Gasteiger partial charge in [0.05, 0.1) is 0 Å². The second kappa shape index (κ2) is 8.27. The van der Waals surface area contributed by atoms with Gasteiger partial charge in [-0.1, -0.05) is 50.1 Å². The van der Waals surface area contributed by atoms with Crippen LogP contribution in [-0.4, -0.2) is 27.6 Å². The number of hydrogen-bond donors (Lipinski definition) is 1. The van der Waals surface area contributed by atoms with E-state index in [1.165, 1.54) is 0 Å². The van der Waals surface area contributed by atoms with Crippen molar-refractivity contribution in [3.05, 3.63) is 35.9 Å². The van der Waals surface area contributed by atoms with Crippen molar-refractivity contribution in [3.8, 4) is 0 Å². The van der Waals surface area contributed by atoms with Crippen LogP contribution < -0.4 is 0 Å². The van der Waals surface area contributed by atoms with Gasteiger partial charge < -0.3 is 5.11 Å². The quantitative estimate of drug-likeness (QED) is 0.590. The van der Waals surface area contributed by atoms with Gasteiger partial charge in [0.15, 0.2) is 0 Å². The van der Waals surface area contributed by atoms with Gasteiger partial charge in [-0.3, -0.25) is 4.79 Å². The minimum Gasteiger partial charge on any atom is -0.480 e. The monoisotopic (exact) mass is 313 g/mol. The SMILES string of the molecule is CCCCCN(Br)[C@@H](Cc1ccccc1)C(=O)O. The maximum absolute atomic E-state index is 11.3. The molecule has 0 amide bonds. The highest BCUT2D eigenvalue weighted by Gasteiger charge is 2.23. The van der Waals surface area contributed by atoms with Crippen molar-refractivity contribution in [1.82, 2.24) is 3.93 Å². The minimum absolute atomic E-state index is 0.510. The fourth-order valence-electron chi connectivity index (χ4n) is 1.81. The van der Waals surface area contributed by atoms with Crippen molar-refractivity contribution in [2.24, 2.45) is 0 Å². The molecule has 0 aliphatic carbocycles. The molecule has 0 bridgehead atoms. The Bertz CT molecular complexity index is 356. The van der Waals surface area contributed by atoms with E-state index in [1.54, 1.807) is 3.93 Å². The zero-order chi connectivity index (χ0) is 13.4. The summed E-state index contributed by atoms with van der Waals surface area (Å²) in [6.45, 7) is 2.90. The van der Waals surface area contributed by atoms with Crippen LogP contribution in [0.15, 0.2) is 30.3 Å². The molecule has 3 nitrogen and oxygen atoms in total.